The van der Waals surface area contributed by atoms with Crippen LogP contribution in [-0.2, 0) is 28.5 Å². The van der Waals surface area contributed by atoms with Gasteiger partial charge in [-0.3, -0.25) is 9.59 Å². The highest BCUT2D eigenvalue weighted by atomic mass is 16.6. The summed E-state index contributed by atoms with van der Waals surface area (Å²) in [4.78, 5) is 24.9. The maximum atomic E-state index is 12.6. The molecule has 3 N–H and O–H groups in total. The van der Waals surface area contributed by atoms with Gasteiger partial charge in [0.2, 0.25) is 0 Å². The molecule has 0 aromatic heterocycles. The van der Waals surface area contributed by atoms with Crippen molar-refractivity contribution >= 4 is 11.9 Å². The summed E-state index contributed by atoms with van der Waals surface area (Å²) in [6.45, 7) is 3.33. The van der Waals surface area contributed by atoms with Crippen molar-refractivity contribution in [2.24, 2.45) is 0 Å². The average molecular weight is 767 g/mol. The second-order valence-corrected chi connectivity index (χ2v) is 15.3. The zero-order valence-electron chi connectivity index (χ0n) is 34.6. The Hall–Kier alpha value is -1.78. The van der Waals surface area contributed by atoms with Gasteiger partial charge in [-0.1, -0.05) is 141 Å². The summed E-state index contributed by atoms with van der Waals surface area (Å²) in [7, 11) is 0. The van der Waals surface area contributed by atoms with Gasteiger partial charge in [0.15, 0.2) is 6.10 Å². The van der Waals surface area contributed by atoms with Crippen LogP contribution < -0.4 is 0 Å². The lowest BCUT2D eigenvalue weighted by atomic mass is 10.1. The lowest BCUT2D eigenvalue weighted by Gasteiger charge is -2.29. The van der Waals surface area contributed by atoms with Crippen LogP contribution in [0.3, 0.4) is 0 Å². The van der Waals surface area contributed by atoms with Crippen LogP contribution >= 0.6 is 0 Å². The topological polar surface area (TPSA) is 132 Å². The molecule has 0 radical (unpaired) electrons. The molecule has 54 heavy (non-hydrogen) atoms. The van der Waals surface area contributed by atoms with Gasteiger partial charge < -0.3 is 34.3 Å². The van der Waals surface area contributed by atoms with Crippen LogP contribution in [0, 0.1) is 0 Å². The van der Waals surface area contributed by atoms with Crippen molar-refractivity contribution in [3.05, 3.63) is 24.3 Å². The van der Waals surface area contributed by atoms with Crippen molar-refractivity contribution in [2.75, 3.05) is 26.4 Å². The predicted molar refractivity (Wildman–Crippen MR) is 218 cm³/mol. The van der Waals surface area contributed by atoms with Crippen LogP contribution in [0.25, 0.3) is 0 Å². The Morgan fingerprint density at radius 1 is 0.611 bits per heavy atom. The van der Waals surface area contributed by atoms with Gasteiger partial charge in [-0.15, -0.1) is 0 Å². The minimum Gasteiger partial charge on any atom is -0.463 e. The largest absolute Gasteiger partial charge is 0.463 e. The van der Waals surface area contributed by atoms with Gasteiger partial charge in [-0.05, 0) is 64.2 Å². The van der Waals surface area contributed by atoms with Gasteiger partial charge in [-0.2, -0.15) is 0 Å². The minimum absolute atomic E-state index is 0.0644. The molecule has 1 saturated heterocycles. The Balaban J connectivity index is 2.19. The fourth-order valence-electron chi connectivity index (χ4n) is 6.84. The molecule has 316 valence electrons. The second-order valence-electron chi connectivity index (χ2n) is 15.3. The van der Waals surface area contributed by atoms with E-state index in [1.54, 1.807) is 0 Å². The Bertz CT molecular complexity index is 923. The van der Waals surface area contributed by atoms with Gasteiger partial charge in [0.1, 0.15) is 31.0 Å². The highest BCUT2D eigenvalue weighted by molar-refractivity contribution is 5.69. The molecule has 0 aromatic rings. The molecular weight excluding hydrogens is 684 g/mol. The zero-order chi connectivity index (χ0) is 39.3. The Labute approximate surface area is 330 Å². The molecular formula is C45H82O9. The molecule has 0 saturated carbocycles. The lowest BCUT2D eigenvalue weighted by molar-refractivity contribution is -0.175. The zero-order valence-corrected chi connectivity index (χ0v) is 34.6. The van der Waals surface area contributed by atoms with E-state index in [4.69, 9.17) is 18.9 Å². The molecule has 9 heteroatoms. The van der Waals surface area contributed by atoms with E-state index in [1.807, 2.05) is 0 Å². The van der Waals surface area contributed by atoms with Crippen molar-refractivity contribution in [3.8, 4) is 0 Å². The third kappa shape index (κ3) is 27.7. The molecule has 0 aromatic carbocycles. The van der Waals surface area contributed by atoms with Crippen molar-refractivity contribution in [2.45, 2.75) is 224 Å². The number of aliphatic hydroxyl groups excluding tert-OH is 3. The fourth-order valence-corrected chi connectivity index (χ4v) is 6.84. The van der Waals surface area contributed by atoms with E-state index in [9.17, 15) is 24.9 Å². The molecule has 0 bridgehead atoms. The third-order valence-electron chi connectivity index (χ3n) is 10.3. The van der Waals surface area contributed by atoms with Crippen molar-refractivity contribution in [1.29, 1.82) is 0 Å². The van der Waals surface area contributed by atoms with Gasteiger partial charge in [0.25, 0.3) is 0 Å². The van der Waals surface area contributed by atoms with Crippen LogP contribution in [0.1, 0.15) is 194 Å². The monoisotopic (exact) mass is 767 g/mol. The van der Waals surface area contributed by atoms with Crippen molar-refractivity contribution < 1.29 is 43.9 Å². The molecule has 5 atom stereocenters. The number of rotatable bonds is 38. The maximum absolute atomic E-state index is 12.6. The third-order valence-corrected chi connectivity index (χ3v) is 10.3. The lowest BCUT2D eigenvalue weighted by Crippen LogP contribution is -2.47. The molecule has 1 unspecified atom stereocenters. The normalized spacial score (nSPS) is 18.5. The standard InChI is InChI=1S/C45H82O9/c1-3-5-7-9-11-13-15-17-19-21-23-25-27-29-31-33-42(49)51-37-39(35-46)53-44-40(48)38-52-45(44)41(36-47)54-43(50)34-32-30-28-26-24-22-20-18-16-14-12-10-8-6-4-2/h17-20,39-41,44-48H,3-16,21-38H2,1-2H3/t39?,40-,41+,44+,45+/m0/s1. The summed E-state index contributed by atoms with van der Waals surface area (Å²) in [6, 6.07) is 0. The molecule has 1 aliphatic rings. The van der Waals surface area contributed by atoms with E-state index >= 15 is 0 Å². The summed E-state index contributed by atoms with van der Waals surface area (Å²) >= 11 is 0. The minimum atomic E-state index is -1.05. The first kappa shape index (κ1) is 50.2. The average Bonchev–Trinajstić information content (AvgIpc) is 3.54. The highest BCUT2D eigenvalue weighted by Crippen LogP contribution is 2.25. The van der Waals surface area contributed by atoms with Crippen LogP contribution in [0.4, 0.5) is 0 Å². The fraction of sp³-hybridized carbons (Fsp3) is 0.867. The van der Waals surface area contributed by atoms with Crippen LogP contribution in [0.5, 0.6) is 0 Å². The second kappa shape index (κ2) is 36.8. The molecule has 0 aliphatic carbocycles. The molecule has 1 rings (SSSR count). The number of hydrogen-bond acceptors (Lipinski definition) is 9. The molecule has 0 amide bonds. The smallest absolute Gasteiger partial charge is 0.306 e. The van der Waals surface area contributed by atoms with E-state index in [0.29, 0.717) is 12.8 Å². The number of hydrogen-bond donors (Lipinski definition) is 3. The van der Waals surface area contributed by atoms with Gasteiger partial charge >= 0.3 is 11.9 Å². The first-order chi connectivity index (χ1) is 26.5. The molecule has 1 fully saturated rings. The summed E-state index contributed by atoms with van der Waals surface area (Å²) < 4.78 is 22.5. The maximum Gasteiger partial charge on any atom is 0.306 e. The van der Waals surface area contributed by atoms with Gasteiger partial charge in [0, 0.05) is 12.8 Å². The van der Waals surface area contributed by atoms with E-state index < -0.39 is 49.7 Å². The molecule has 1 heterocycles. The van der Waals surface area contributed by atoms with E-state index in [0.717, 1.165) is 64.2 Å². The molecule has 0 spiro atoms. The van der Waals surface area contributed by atoms with E-state index in [1.165, 1.54) is 96.3 Å². The quantitative estimate of drug-likeness (QED) is 0.0319. The van der Waals surface area contributed by atoms with E-state index in [-0.39, 0.29) is 25.6 Å². The number of allylic oxidation sites excluding steroid dienone is 4. The first-order valence-corrected chi connectivity index (χ1v) is 22.3. The summed E-state index contributed by atoms with van der Waals surface area (Å²) in [5.74, 6) is -0.786. The SMILES string of the molecule is CCCCCCCCC=CCCCCCCCC(=O)OCC(CO)O[C@H]1[C@@H]([C@@H](CO)OC(=O)CCCCCCCC=CCCCCCCCC)OC[C@@H]1O. The number of carbonyl (C=O) groups excluding carboxylic acids is 2. The van der Waals surface area contributed by atoms with Gasteiger partial charge in [-0.25, -0.2) is 0 Å². The number of ether oxygens (including phenoxy) is 4. The van der Waals surface area contributed by atoms with Crippen LogP contribution in [0.15, 0.2) is 24.3 Å². The number of unbranched alkanes of at least 4 members (excludes halogenated alkanes) is 22. The number of aliphatic hydroxyl groups is 3. The highest BCUT2D eigenvalue weighted by Gasteiger charge is 2.44. The summed E-state index contributed by atoms with van der Waals surface area (Å²) in [6.07, 6.45) is 35.5. The van der Waals surface area contributed by atoms with Crippen LogP contribution in [0.2, 0.25) is 0 Å². The van der Waals surface area contributed by atoms with Gasteiger partial charge in [0.05, 0.1) is 19.8 Å². The Kier molecular flexibility index (Phi) is 34.3. The Morgan fingerprint density at radius 3 is 1.48 bits per heavy atom. The van der Waals surface area contributed by atoms with Crippen molar-refractivity contribution in [3.63, 3.8) is 0 Å². The van der Waals surface area contributed by atoms with Crippen molar-refractivity contribution in [1.82, 2.24) is 0 Å². The first-order valence-electron chi connectivity index (χ1n) is 22.3. The molecule has 1 aliphatic heterocycles. The Morgan fingerprint density at radius 2 is 1.04 bits per heavy atom. The summed E-state index contributed by atoms with van der Waals surface area (Å²) in [5, 5.41) is 30.5. The predicted octanol–water partition coefficient (Wildman–Crippen LogP) is 10.0. The van der Waals surface area contributed by atoms with E-state index in [2.05, 4.69) is 38.2 Å². The molecule has 9 nitrogen and oxygen atoms in total. The number of esters is 2. The van der Waals surface area contributed by atoms with Crippen LogP contribution in [-0.4, -0.2) is 84.2 Å². The summed E-state index contributed by atoms with van der Waals surface area (Å²) in [5.41, 5.74) is 0. The number of carbonyl (C=O) groups is 2.